The second-order valence-electron chi connectivity index (χ2n) is 5.19. The molecule has 114 valence electrons. The fourth-order valence-electron chi connectivity index (χ4n) is 2.17. The Hall–Kier alpha value is -1.72. The van der Waals surface area contributed by atoms with E-state index < -0.39 is 0 Å². The molecular formula is C16H15ClN2O2S. The first-order valence-corrected chi connectivity index (χ1v) is 8.19. The van der Waals surface area contributed by atoms with Crippen molar-refractivity contribution in [2.24, 2.45) is 0 Å². The van der Waals surface area contributed by atoms with E-state index in [4.69, 9.17) is 16.0 Å². The molecule has 0 aliphatic rings. The van der Waals surface area contributed by atoms with Crippen molar-refractivity contribution in [1.29, 1.82) is 0 Å². The summed E-state index contributed by atoms with van der Waals surface area (Å²) < 4.78 is 7.02. The lowest BCUT2D eigenvalue weighted by atomic mass is 10.2. The number of aromatic nitrogens is 2. The minimum absolute atomic E-state index is 0.0822. The highest BCUT2D eigenvalue weighted by atomic mass is 35.5. The molecule has 0 aliphatic carbocycles. The van der Waals surface area contributed by atoms with E-state index in [2.05, 4.69) is 18.8 Å². The van der Waals surface area contributed by atoms with Crippen LogP contribution in [0.3, 0.4) is 0 Å². The van der Waals surface area contributed by atoms with Gasteiger partial charge in [-0.25, -0.2) is 4.98 Å². The molecule has 3 aromatic rings. The van der Waals surface area contributed by atoms with Crippen molar-refractivity contribution in [1.82, 2.24) is 9.55 Å². The number of halogens is 1. The van der Waals surface area contributed by atoms with Gasteiger partial charge in [0.1, 0.15) is 5.76 Å². The van der Waals surface area contributed by atoms with Gasteiger partial charge in [0.15, 0.2) is 5.16 Å². The summed E-state index contributed by atoms with van der Waals surface area (Å²) in [5, 5.41) is 2.12. The summed E-state index contributed by atoms with van der Waals surface area (Å²) in [5.74, 6) is 0.725. The van der Waals surface area contributed by atoms with Crippen molar-refractivity contribution in [3.05, 3.63) is 57.7 Å². The molecule has 0 spiro atoms. The Morgan fingerprint density at radius 1 is 1.36 bits per heavy atom. The summed E-state index contributed by atoms with van der Waals surface area (Å²) in [4.78, 5) is 17.4. The smallest absolute Gasteiger partial charge is 0.262 e. The molecule has 0 fully saturated rings. The molecule has 0 unspecified atom stereocenters. The monoisotopic (exact) mass is 334 g/mol. The maximum atomic E-state index is 12.8. The van der Waals surface area contributed by atoms with Gasteiger partial charge in [0.25, 0.3) is 5.56 Å². The molecule has 22 heavy (non-hydrogen) atoms. The Balaban J connectivity index is 2.20. The molecule has 0 saturated carbocycles. The third kappa shape index (κ3) is 3.05. The van der Waals surface area contributed by atoms with E-state index in [9.17, 15) is 4.79 Å². The largest absolute Gasteiger partial charge is 0.467 e. The number of hydrogen-bond acceptors (Lipinski definition) is 4. The zero-order chi connectivity index (χ0) is 15.7. The highest BCUT2D eigenvalue weighted by Crippen LogP contribution is 2.24. The number of hydrogen-bond donors (Lipinski definition) is 0. The summed E-state index contributed by atoms with van der Waals surface area (Å²) in [6.07, 6.45) is 1.60. The molecule has 2 aromatic heterocycles. The van der Waals surface area contributed by atoms with Gasteiger partial charge in [-0.05, 0) is 30.3 Å². The number of furan rings is 1. The fourth-order valence-corrected chi connectivity index (χ4v) is 3.19. The Bertz CT molecular complexity index is 856. The van der Waals surface area contributed by atoms with Crippen LogP contribution in [0, 0.1) is 0 Å². The number of benzene rings is 1. The Morgan fingerprint density at radius 3 is 2.86 bits per heavy atom. The molecule has 0 radical (unpaired) electrons. The van der Waals surface area contributed by atoms with Gasteiger partial charge in [0, 0.05) is 10.3 Å². The van der Waals surface area contributed by atoms with E-state index in [1.54, 1.807) is 40.8 Å². The molecule has 0 aliphatic heterocycles. The van der Waals surface area contributed by atoms with Crippen molar-refractivity contribution in [2.45, 2.75) is 30.8 Å². The molecule has 2 heterocycles. The van der Waals surface area contributed by atoms with E-state index in [0.717, 1.165) is 5.76 Å². The molecule has 4 nitrogen and oxygen atoms in total. The van der Waals surface area contributed by atoms with Crippen LogP contribution in [0.15, 0.2) is 51.0 Å². The van der Waals surface area contributed by atoms with Crippen molar-refractivity contribution >= 4 is 34.3 Å². The topological polar surface area (TPSA) is 48.0 Å². The van der Waals surface area contributed by atoms with Crippen LogP contribution in [-0.2, 0) is 6.54 Å². The zero-order valence-corrected chi connectivity index (χ0v) is 13.8. The Kier molecular flexibility index (Phi) is 4.27. The minimum Gasteiger partial charge on any atom is -0.467 e. The molecule has 0 amide bonds. The number of rotatable bonds is 4. The number of thioether (sulfide) groups is 1. The zero-order valence-electron chi connectivity index (χ0n) is 12.2. The van der Waals surface area contributed by atoms with Crippen LogP contribution in [0.25, 0.3) is 10.9 Å². The van der Waals surface area contributed by atoms with Gasteiger partial charge in [-0.2, -0.15) is 0 Å². The number of nitrogens with zero attached hydrogens (tertiary/aromatic N) is 2. The average Bonchev–Trinajstić information content (AvgIpc) is 2.95. The lowest BCUT2D eigenvalue weighted by Crippen LogP contribution is -2.24. The highest BCUT2D eigenvalue weighted by molar-refractivity contribution is 7.99. The predicted octanol–water partition coefficient (Wildman–Crippen LogP) is 4.19. The van der Waals surface area contributed by atoms with E-state index in [1.165, 1.54) is 0 Å². The van der Waals surface area contributed by atoms with Crippen molar-refractivity contribution in [2.75, 3.05) is 0 Å². The Labute approximate surface area is 137 Å². The molecule has 0 N–H and O–H groups in total. The maximum absolute atomic E-state index is 12.8. The molecule has 0 bridgehead atoms. The molecule has 0 saturated heterocycles. The van der Waals surface area contributed by atoms with Gasteiger partial charge < -0.3 is 4.42 Å². The highest BCUT2D eigenvalue weighted by Gasteiger charge is 2.14. The van der Waals surface area contributed by atoms with Crippen LogP contribution in [0.2, 0.25) is 5.02 Å². The van der Waals surface area contributed by atoms with Gasteiger partial charge in [0.2, 0.25) is 0 Å². The first-order valence-electron chi connectivity index (χ1n) is 6.94. The lowest BCUT2D eigenvalue weighted by Gasteiger charge is -2.13. The molecule has 0 atom stereocenters. The third-order valence-corrected chi connectivity index (χ3v) is 4.35. The van der Waals surface area contributed by atoms with Crippen LogP contribution in [-0.4, -0.2) is 14.8 Å². The van der Waals surface area contributed by atoms with Crippen LogP contribution in [0.1, 0.15) is 19.6 Å². The molecular weight excluding hydrogens is 320 g/mol. The average molecular weight is 335 g/mol. The first-order chi connectivity index (χ1) is 10.5. The van der Waals surface area contributed by atoms with Gasteiger partial charge in [-0.3, -0.25) is 9.36 Å². The van der Waals surface area contributed by atoms with E-state index in [-0.39, 0.29) is 5.56 Å². The molecule has 3 rings (SSSR count). The number of fused-ring (bicyclic) bond motifs is 1. The fraction of sp³-hybridized carbons (Fsp3) is 0.250. The van der Waals surface area contributed by atoms with Crippen LogP contribution in [0.4, 0.5) is 0 Å². The van der Waals surface area contributed by atoms with E-state index >= 15 is 0 Å². The van der Waals surface area contributed by atoms with Crippen LogP contribution >= 0.6 is 23.4 Å². The summed E-state index contributed by atoms with van der Waals surface area (Å²) in [6, 6.07) is 8.81. The van der Waals surface area contributed by atoms with Crippen molar-refractivity contribution in [3.8, 4) is 0 Å². The van der Waals surface area contributed by atoms with Crippen LogP contribution in [0.5, 0.6) is 0 Å². The predicted molar refractivity (Wildman–Crippen MR) is 89.8 cm³/mol. The van der Waals surface area contributed by atoms with Crippen molar-refractivity contribution < 1.29 is 4.42 Å². The van der Waals surface area contributed by atoms with Gasteiger partial charge in [0.05, 0.1) is 23.7 Å². The third-order valence-electron chi connectivity index (χ3n) is 3.12. The minimum atomic E-state index is -0.0822. The molecule has 1 aromatic carbocycles. The van der Waals surface area contributed by atoms with Gasteiger partial charge >= 0.3 is 0 Å². The standard InChI is InChI=1S/C16H15ClN2O2S/c1-10(2)22-16-18-14-8-11(17)5-6-13(14)15(20)19(16)9-12-4-3-7-21-12/h3-8,10H,9H2,1-2H3. The Morgan fingerprint density at radius 2 is 2.18 bits per heavy atom. The summed E-state index contributed by atoms with van der Waals surface area (Å²) in [7, 11) is 0. The quantitative estimate of drug-likeness (QED) is 0.530. The molecule has 6 heteroatoms. The van der Waals surface area contributed by atoms with E-state index in [1.807, 2.05) is 12.1 Å². The lowest BCUT2D eigenvalue weighted by molar-refractivity contribution is 0.476. The second kappa shape index (κ2) is 6.18. The summed E-state index contributed by atoms with van der Waals surface area (Å²) >= 11 is 7.56. The van der Waals surface area contributed by atoms with Gasteiger partial charge in [-0.1, -0.05) is 37.2 Å². The second-order valence-corrected chi connectivity index (χ2v) is 7.17. The van der Waals surface area contributed by atoms with Crippen LogP contribution < -0.4 is 5.56 Å². The normalized spacial score (nSPS) is 11.5. The maximum Gasteiger partial charge on any atom is 0.262 e. The SMILES string of the molecule is CC(C)Sc1nc2cc(Cl)ccc2c(=O)n1Cc1ccco1. The summed E-state index contributed by atoms with van der Waals surface area (Å²) in [5.41, 5.74) is 0.539. The van der Waals surface area contributed by atoms with Crippen molar-refractivity contribution in [3.63, 3.8) is 0 Å². The summed E-state index contributed by atoms with van der Waals surface area (Å²) in [6.45, 7) is 4.50. The van der Waals surface area contributed by atoms with Gasteiger partial charge in [-0.15, -0.1) is 0 Å². The van der Waals surface area contributed by atoms with E-state index in [0.29, 0.717) is 32.9 Å². The first kappa shape index (κ1) is 15.2.